The highest BCUT2D eigenvalue weighted by molar-refractivity contribution is 8.27. The van der Waals surface area contributed by atoms with Gasteiger partial charge in [0.2, 0.25) is 0 Å². The van der Waals surface area contributed by atoms with Crippen LogP contribution in [-0.2, 0) is 4.79 Å². The van der Waals surface area contributed by atoms with Gasteiger partial charge in [0, 0.05) is 5.39 Å². The molecule has 1 amide bonds. The predicted octanol–water partition coefficient (Wildman–Crippen LogP) is 4.82. The molecular formula is C21H15NO3S2. The Balaban J connectivity index is 1.74. The molecule has 1 aliphatic rings. The number of aryl methyl sites for hydroxylation is 2. The molecule has 0 aliphatic carbocycles. The van der Waals surface area contributed by atoms with Crippen molar-refractivity contribution in [3.63, 3.8) is 0 Å². The van der Waals surface area contributed by atoms with E-state index in [1.165, 1.54) is 16.7 Å². The quantitative estimate of drug-likeness (QED) is 0.355. The van der Waals surface area contributed by atoms with Gasteiger partial charge in [0.1, 0.15) is 5.58 Å². The first-order valence-corrected chi connectivity index (χ1v) is 9.54. The molecule has 134 valence electrons. The maximum Gasteiger partial charge on any atom is 0.343 e. The number of fused-ring (bicyclic) bond motifs is 1. The van der Waals surface area contributed by atoms with Gasteiger partial charge in [0.15, 0.2) is 4.32 Å². The van der Waals surface area contributed by atoms with Gasteiger partial charge in [-0.05, 0) is 55.3 Å². The lowest BCUT2D eigenvalue weighted by Gasteiger charge is -2.15. The number of carbonyl (C=O) groups is 1. The molecule has 27 heavy (non-hydrogen) atoms. The SMILES string of the molecule is Cc1ccc(N2C(=O)/C(=C\c3cc4ccccc4oc3=O)SC2=S)cc1C. The van der Waals surface area contributed by atoms with E-state index in [-0.39, 0.29) is 5.91 Å². The second kappa shape index (κ2) is 6.79. The van der Waals surface area contributed by atoms with E-state index in [1.54, 1.807) is 24.3 Å². The van der Waals surface area contributed by atoms with Crippen molar-refractivity contribution in [2.75, 3.05) is 4.90 Å². The number of hydrogen-bond acceptors (Lipinski definition) is 5. The maximum absolute atomic E-state index is 12.9. The number of hydrogen-bond donors (Lipinski definition) is 0. The third-order valence-corrected chi connectivity index (χ3v) is 5.80. The number of thiocarbonyl (C=S) groups is 1. The monoisotopic (exact) mass is 393 g/mol. The van der Waals surface area contributed by atoms with E-state index in [9.17, 15) is 9.59 Å². The third-order valence-electron chi connectivity index (χ3n) is 4.50. The Morgan fingerprint density at radius 1 is 1.04 bits per heavy atom. The summed E-state index contributed by atoms with van der Waals surface area (Å²) in [4.78, 5) is 27.1. The molecule has 0 N–H and O–H groups in total. The smallest absolute Gasteiger partial charge is 0.343 e. The first-order valence-electron chi connectivity index (χ1n) is 8.32. The van der Waals surface area contributed by atoms with Crippen molar-refractivity contribution < 1.29 is 9.21 Å². The lowest BCUT2D eigenvalue weighted by Crippen LogP contribution is -2.27. The number of carbonyl (C=O) groups excluding carboxylic acids is 1. The molecule has 4 nitrogen and oxygen atoms in total. The second-order valence-corrected chi connectivity index (χ2v) is 7.99. The molecule has 1 fully saturated rings. The van der Waals surface area contributed by atoms with Gasteiger partial charge in [-0.25, -0.2) is 4.79 Å². The molecule has 3 aromatic rings. The minimum absolute atomic E-state index is 0.235. The molecule has 0 unspecified atom stereocenters. The minimum atomic E-state index is -0.481. The normalized spacial score (nSPS) is 15.9. The summed E-state index contributed by atoms with van der Waals surface area (Å²) in [5.41, 5.74) is 3.32. The number of nitrogens with zero attached hydrogens (tertiary/aromatic N) is 1. The summed E-state index contributed by atoms with van der Waals surface area (Å²) in [7, 11) is 0. The van der Waals surface area contributed by atoms with Gasteiger partial charge in [-0.15, -0.1) is 0 Å². The summed E-state index contributed by atoms with van der Waals surface area (Å²) >= 11 is 6.59. The first kappa shape index (κ1) is 17.7. The van der Waals surface area contributed by atoms with E-state index in [2.05, 4.69) is 0 Å². The summed E-state index contributed by atoms with van der Waals surface area (Å²) in [6.45, 7) is 4.01. The molecule has 0 radical (unpaired) electrons. The maximum atomic E-state index is 12.9. The van der Waals surface area contributed by atoms with Crippen molar-refractivity contribution in [1.82, 2.24) is 0 Å². The van der Waals surface area contributed by atoms with Crippen molar-refractivity contribution in [3.05, 3.63) is 80.5 Å². The Kier molecular flexibility index (Phi) is 4.45. The molecule has 1 aromatic heterocycles. The van der Waals surface area contributed by atoms with E-state index in [1.807, 2.05) is 44.2 Å². The Morgan fingerprint density at radius 2 is 1.81 bits per heavy atom. The summed E-state index contributed by atoms with van der Waals surface area (Å²) < 4.78 is 5.78. The molecular weight excluding hydrogens is 378 g/mol. The van der Waals surface area contributed by atoms with Crippen molar-refractivity contribution in [3.8, 4) is 0 Å². The summed E-state index contributed by atoms with van der Waals surface area (Å²) in [5, 5.41) is 0.799. The highest BCUT2D eigenvalue weighted by Crippen LogP contribution is 2.36. The zero-order valence-corrected chi connectivity index (χ0v) is 16.3. The summed E-state index contributed by atoms with van der Waals surface area (Å²) in [6, 6.07) is 14.8. The highest BCUT2D eigenvalue weighted by Gasteiger charge is 2.33. The minimum Gasteiger partial charge on any atom is -0.422 e. The number of thioether (sulfide) groups is 1. The van der Waals surface area contributed by atoms with Gasteiger partial charge in [-0.1, -0.05) is 48.2 Å². The van der Waals surface area contributed by atoms with Crippen LogP contribution in [0.2, 0.25) is 0 Å². The molecule has 0 atom stereocenters. The van der Waals surface area contributed by atoms with E-state index >= 15 is 0 Å². The van der Waals surface area contributed by atoms with Crippen LogP contribution in [0.5, 0.6) is 0 Å². The highest BCUT2D eigenvalue weighted by atomic mass is 32.2. The standard InChI is InChI=1S/C21H15NO3S2/c1-12-7-8-16(9-13(12)2)22-19(23)18(27-21(22)26)11-15-10-14-5-3-4-6-17(14)25-20(15)24/h3-11H,1-2H3/b18-11+. The lowest BCUT2D eigenvalue weighted by atomic mass is 10.1. The Bertz CT molecular complexity index is 1190. The van der Waals surface area contributed by atoms with Crippen molar-refractivity contribution >= 4 is 56.9 Å². The number of benzene rings is 2. The fourth-order valence-electron chi connectivity index (χ4n) is 2.87. The first-order chi connectivity index (χ1) is 12.9. The van der Waals surface area contributed by atoms with Gasteiger partial charge in [-0.2, -0.15) is 0 Å². The zero-order valence-electron chi connectivity index (χ0n) is 14.7. The topological polar surface area (TPSA) is 50.5 Å². The fourth-order valence-corrected chi connectivity index (χ4v) is 4.16. The second-order valence-electron chi connectivity index (χ2n) is 6.31. The van der Waals surface area contributed by atoms with Crippen LogP contribution >= 0.6 is 24.0 Å². The molecule has 2 aromatic carbocycles. The van der Waals surface area contributed by atoms with Gasteiger partial charge < -0.3 is 4.42 Å². The average Bonchev–Trinajstić information content (AvgIpc) is 2.92. The Hall–Kier alpha value is -2.70. The molecule has 6 heteroatoms. The lowest BCUT2D eigenvalue weighted by molar-refractivity contribution is -0.113. The van der Waals surface area contributed by atoms with Gasteiger partial charge in [0.25, 0.3) is 5.91 Å². The van der Waals surface area contributed by atoms with E-state index in [0.29, 0.717) is 20.4 Å². The largest absolute Gasteiger partial charge is 0.422 e. The van der Waals surface area contributed by atoms with Crippen LogP contribution in [-0.4, -0.2) is 10.2 Å². The van der Waals surface area contributed by atoms with E-state index in [0.717, 1.165) is 22.2 Å². The van der Waals surface area contributed by atoms with Crippen LogP contribution in [0.25, 0.3) is 17.0 Å². The summed E-state index contributed by atoms with van der Waals surface area (Å²) in [5.74, 6) is -0.235. The van der Waals surface area contributed by atoms with E-state index in [4.69, 9.17) is 16.6 Å². The average molecular weight is 393 g/mol. The van der Waals surface area contributed by atoms with Crippen LogP contribution in [0.1, 0.15) is 16.7 Å². The van der Waals surface area contributed by atoms with Crippen molar-refractivity contribution in [2.24, 2.45) is 0 Å². The molecule has 0 spiro atoms. The van der Waals surface area contributed by atoms with Gasteiger partial charge in [-0.3, -0.25) is 9.69 Å². The fraction of sp³-hybridized carbons (Fsp3) is 0.0952. The molecule has 1 aliphatic heterocycles. The van der Waals surface area contributed by atoms with Crippen LogP contribution in [0.3, 0.4) is 0 Å². The van der Waals surface area contributed by atoms with Crippen molar-refractivity contribution in [1.29, 1.82) is 0 Å². The number of anilines is 1. The Morgan fingerprint density at radius 3 is 2.59 bits per heavy atom. The van der Waals surface area contributed by atoms with Crippen LogP contribution in [0, 0.1) is 13.8 Å². The number of amides is 1. The zero-order chi connectivity index (χ0) is 19.1. The predicted molar refractivity (Wildman–Crippen MR) is 114 cm³/mol. The summed E-state index contributed by atoms with van der Waals surface area (Å²) in [6.07, 6.45) is 1.55. The third kappa shape index (κ3) is 3.22. The van der Waals surface area contributed by atoms with Gasteiger partial charge in [0.05, 0.1) is 16.2 Å². The molecule has 4 rings (SSSR count). The number of rotatable bonds is 2. The molecule has 2 heterocycles. The van der Waals surface area contributed by atoms with Crippen LogP contribution in [0.4, 0.5) is 5.69 Å². The molecule has 0 saturated carbocycles. The van der Waals surface area contributed by atoms with Crippen LogP contribution in [0.15, 0.2) is 62.6 Å². The van der Waals surface area contributed by atoms with Crippen LogP contribution < -0.4 is 10.5 Å². The molecule has 1 saturated heterocycles. The Labute approximate surface area is 165 Å². The van der Waals surface area contributed by atoms with E-state index < -0.39 is 5.63 Å². The van der Waals surface area contributed by atoms with Crippen molar-refractivity contribution in [2.45, 2.75) is 13.8 Å². The number of para-hydroxylation sites is 1. The molecule has 0 bridgehead atoms. The van der Waals surface area contributed by atoms with Gasteiger partial charge >= 0.3 is 5.63 Å².